The van der Waals surface area contributed by atoms with Crippen molar-refractivity contribution in [2.75, 3.05) is 5.73 Å². The topological polar surface area (TPSA) is 35.2 Å². The average Bonchev–Trinajstić information content (AvgIpc) is 2.30. The van der Waals surface area contributed by atoms with E-state index in [0.717, 1.165) is 17.2 Å². The van der Waals surface area contributed by atoms with Crippen molar-refractivity contribution in [1.82, 2.24) is 0 Å². The maximum atomic E-state index is 6.02. The molecule has 0 amide bonds. The average molecular weight is 255 g/mol. The van der Waals surface area contributed by atoms with Crippen molar-refractivity contribution in [3.63, 3.8) is 0 Å². The van der Waals surface area contributed by atoms with Crippen LogP contribution in [0.1, 0.15) is 31.9 Å². The van der Waals surface area contributed by atoms with E-state index in [0.29, 0.717) is 0 Å². The number of nitrogen functional groups attached to an aromatic ring is 1. The normalized spacial score (nSPS) is 11.4. The first-order chi connectivity index (χ1) is 8.86. The number of benzene rings is 2. The van der Waals surface area contributed by atoms with E-state index in [9.17, 15) is 0 Å². The van der Waals surface area contributed by atoms with Crippen LogP contribution in [0.4, 0.5) is 5.69 Å². The maximum Gasteiger partial charge on any atom is 0.131 e. The van der Waals surface area contributed by atoms with Crippen LogP contribution in [-0.4, -0.2) is 0 Å². The zero-order valence-corrected chi connectivity index (χ0v) is 12.0. The number of hydrogen-bond donors (Lipinski definition) is 1. The summed E-state index contributed by atoms with van der Waals surface area (Å²) >= 11 is 0. The maximum absolute atomic E-state index is 6.02. The van der Waals surface area contributed by atoms with E-state index >= 15 is 0 Å². The minimum Gasteiger partial charge on any atom is -0.457 e. The van der Waals surface area contributed by atoms with Crippen molar-refractivity contribution < 1.29 is 4.74 Å². The minimum atomic E-state index is 0.0524. The van der Waals surface area contributed by atoms with Gasteiger partial charge in [0.25, 0.3) is 0 Å². The van der Waals surface area contributed by atoms with Crippen molar-refractivity contribution >= 4 is 5.69 Å². The van der Waals surface area contributed by atoms with Crippen molar-refractivity contribution in [2.24, 2.45) is 0 Å². The van der Waals surface area contributed by atoms with Crippen molar-refractivity contribution in [3.8, 4) is 11.5 Å². The van der Waals surface area contributed by atoms with E-state index in [-0.39, 0.29) is 5.41 Å². The van der Waals surface area contributed by atoms with Crippen LogP contribution >= 0.6 is 0 Å². The van der Waals surface area contributed by atoms with E-state index in [4.69, 9.17) is 10.5 Å². The SMILES string of the molecule is Cc1ccc(C(C)(C)C)c(Oc2ccc(N)cc2)c1. The Morgan fingerprint density at radius 3 is 2.16 bits per heavy atom. The molecule has 2 nitrogen and oxygen atoms in total. The molecular weight excluding hydrogens is 234 g/mol. The first kappa shape index (κ1) is 13.5. The second kappa shape index (κ2) is 4.96. The highest BCUT2D eigenvalue weighted by Gasteiger charge is 2.19. The number of hydrogen-bond acceptors (Lipinski definition) is 2. The minimum absolute atomic E-state index is 0.0524. The molecule has 2 heteroatoms. The van der Waals surface area contributed by atoms with Gasteiger partial charge in [0.1, 0.15) is 11.5 Å². The smallest absolute Gasteiger partial charge is 0.131 e. The Morgan fingerprint density at radius 2 is 1.58 bits per heavy atom. The first-order valence-corrected chi connectivity index (χ1v) is 6.51. The Morgan fingerprint density at radius 1 is 0.947 bits per heavy atom. The van der Waals surface area contributed by atoms with Gasteiger partial charge in [-0.1, -0.05) is 32.9 Å². The molecule has 0 fully saturated rings. The molecular formula is C17H21NO. The molecule has 0 bridgehead atoms. The number of aryl methyl sites for hydroxylation is 1. The second-order valence-electron chi connectivity index (χ2n) is 5.92. The first-order valence-electron chi connectivity index (χ1n) is 6.51. The third kappa shape index (κ3) is 3.28. The lowest BCUT2D eigenvalue weighted by atomic mass is 9.86. The third-order valence-electron chi connectivity index (χ3n) is 3.05. The van der Waals surface area contributed by atoms with Gasteiger partial charge in [-0.25, -0.2) is 0 Å². The molecule has 0 aliphatic carbocycles. The molecule has 0 saturated carbocycles. The fourth-order valence-corrected chi connectivity index (χ4v) is 2.00. The van der Waals surface area contributed by atoms with Gasteiger partial charge in [-0.15, -0.1) is 0 Å². The van der Waals surface area contributed by atoms with Gasteiger partial charge in [-0.2, -0.15) is 0 Å². The molecule has 2 aromatic carbocycles. The molecule has 2 rings (SSSR count). The zero-order chi connectivity index (χ0) is 14.0. The molecule has 2 N–H and O–H groups in total. The van der Waals surface area contributed by atoms with E-state index in [1.54, 1.807) is 0 Å². The Bertz CT molecular complexity index is 565. The van der Waals surface area contributed by atoms with Gasteiger partial charge >= 0.3 is 0 Å². The molecule has 19 heavy (non-hydrogen) atoms. The van der Waals surface area contributed by atoms with Gasteiger partial charge in [0.05, 0.1) is 0 Å². The summed E-state index contributed by atoms with van der Waals surface area (Å²) in [7, 11) is 0. The van der Waals surface area contributed by atoms with Crippen molar-refractivity contribution in [1.29, 1.82) is 0 Å². The Hall–Kier alpha value is -1.96. The van der Waals surface area contributed by atoms with Crippen LogP contribution in [0, 0.1) is 6.92 Å². The standard InChI is InChI=1S/C17H21NO/c1-12-5-10-15(17(2,3)4)16(11-12)19-14-8-6-13(18)7-9-14/h5-11H,18H2,1-4H3. The molecule has 0 heterocycles. The molecule has 0 atom stereocenters. The molecule has 0 aliphatic rings. The van der Waals surface area contributed by atoms with Crippen molar-refractivity contribution in [3.05, 3.63) is 53.6 Å². The molecule has 0 radical (unpaired) electrons. The van der Waals surface area contributed by atoms with Gasteiger partial charge < -0.3 is 10.5 Å². The van der Waals surface area contributed by atoms with Crippen LogP contribution in [-0.2, 0) is 5.41 Å². The van der Waals surface area contributed by atoms with E-state index in [2.05, 4.69) is 45.9 Å². The predicted octanol–water partition coefficient (Wildman–Crippen LogP) is 4.67. The van der Waals surface area contributed by atoms with Gasteiger partial charge in [0.2, 0.25) is 0 Å². The summed E-state index contributed by atoms with van der Waals surface area (Å²) < 4.78 is 6.02. The van der Waals surface area contributed by atoms with E-state index in [1.807, 2.05) is 24.3 Å². The molecule has 0 spiro atoms. The number of anilines is 1. The van der Waals surface area contributed by atoms with E-state index in [1.165, 1.54) is 11.1 Å². The highest BCUT2D eigenvalue weighted by molar-refractivity contribution is 5.46. The highest BCUT2D eigenvalue weighted by Crippen LogP contribution is 2.34. The van der Waals surface area contributed by atoms with Gasteiger partial charge in [-0.3, -0.25) is 0 Å². The quantitative estimate of drug-likeness (QED) is 0.792. The number of nitrogens with two attached hydrogens (primary N) is 1. The van der Waals surface area contributed by atoms with Crippen LogP contribution < -0.4 is 10.5 Å². The third-order valence-corrected chi connectivity index (χ3v) is 3.05. The second-order valence-corrected chi connectivity index (χ2v) is 5.92. The summed E-state index contributed by atoms with van der Waals surface area (Å²) in [6, 6.07) is 13.8. The van der Waals surface area contributed by atoms with Crippen LogP contribution in [0.2, 0.25) is 0 Å². The monoisotopic (exact) mass is 255 g/mol. The van der Waals surface area contributed by atoms with Crippen LogP contribution in [0.3, 0.4) is 0 Å². The summed E-state index contributed by atoms with van der Waals surface area (Å²) in [4.78, 5) is 0. The number of rotatable bonds is 2. The van der Waals surface area contributed by atoms with Gasteiger partial charge in [0.15, 0.2) is 0 Å². The van der Waals surface area contributed by atoms with Crippen LogP contribution in [0.15, 0.2) is 42.5 Å². The zero-order valence-electron chi connectivity index (χ0n) is 12.0. The lowest BCUT2D eigenvalue weighted by Crippen LogP contribution is -2.12. The van der Waals surface area contributed by atoms with Crippen molar-refractivity contribution in [2.45, 2.75) is 33.1 Å². The lowest BCUT2D eigenvalue weighted by molar-refractivity contribution is 0.455. The molecule has 100 valence electrons. The summed E-state index contributed by atoms with van der Waals surface area (Å²) in [5, 5.41) is 0. The molecule has 0 aliphatic heterocycles. The fraction of sp³-hybridized carbons (Fsp3) is 0.294. The Kier molecular flexibility index (Phi) is 3.52. The predicted molar refractivity (Wildman–Crippen MR) is 80.8 cm³/mol. The molecule has 0 aromatic heterocycles. The summed E-state index contributed by atoms with van der Waals surface area (Å²) in [6.07, 6.45) is 0. The summed E-state index contributed by atoms with van der Waals surface area (Å²) in [6.45, 7) is 8.64. The van der Waals surface area contributed by atoms with Crippen LogP contribution in [0.5, 0.6) is 11.5 Å². The van der Waals surface area contributed by atoms with Gasteiger partial charge in [-0.05, 0) is 48.2 Å². The molecule has 0 unspecified atom stereocenters. The largest absolute Gasteiger partial charge is 0.457 e. The lowest BCUT2D eigenvalue weighted by Gasteiger charge is -2.23. The fourth-order valence-electron chi connectivity index (χ4n) is 2.00. The van der Waals surface area contributed by atoms with Crippen LogP contribution in [0.25, 0.3) is 0 Å². The molecule has 0 saturated heterocycles. The highest BCUT2D eigenvalue weighted by atomic mass is 16.5. The Labute approximate surface area is 115 Å². The summed E-state index contributed by atoms with van der Waals surface area (Å²) in [5.74, 6) is 1.72. The summed E-state index contributed by atoms with van der Waals surface area (Å²) in [5.41, 5.74) is 8.88. The Balaban J connectivity index is 2.38. The van der Waals surface area contributed by atoms with Gasteiger partial charge in [0, 0.05) is 11.3 Å². The van der Waals surface area contributed by atoms with E-state index < -0.39 is 0 Å². The number of ether oxygens (including phenoxy) is 1. The molecule has 2 aromatic rings.